The first-order chi connectivity index (χ1) is 10.6. The number of nitrogens with zero attached hydrogens (tertiary/aromatic N) is 3. The zero-order chi connectivity index (χ0) is 15.7. The number of aliphatic hydroxyl groups is 1. The first kappa shape index (κ1) is 15.1. The predicted octanol–water partition coefficient (Wildman–Crippen LogP) is 2.43. The van der Waals surface area contributed by atoms with Gasteiger partial charge in [-0.3, -0.25) is 4.79 Å². The number of carbonyl (C=O) groups is 1. The first-order valence-electron chi connectivity index (χ1n) is 7.35. The molecule has 116 valence electrons. The van der Waals surface area contributed by atoms with Crippen molar-refractivity contribution in [1.82, 2.24) is 14.7 Å². The summed E-state index contributed by atoms with van der Waals surface area (Å²) in [6.07, 6.45) is 1.76. The molecule has 6 heteroatoms. The van der Waals surface area contributed by atoms with Crippen LogP contribution >= 0.6 is 11.6 Å². The molecule has 1 aromatic carbocycles. The molecule has 22 heavy (non-hydrogen) atoms. The maximum Gasteiger partial charge on any atom is 0.274 e. The Morgan fingerprint density at radius 1 is 1.45 bits per heavy atom. The van der Waals surface area contributed by atoms with Gasteiger partial charge in [0.2, 0.25) is 0 Å². The lowest BCUT2D eigenvalue weighted by Crippen LogP contribution is -2.37. The van der Waals surface area contributed by atoms with Gasteiger partial charge >= 0.3 is 0 Å². The van der Waals surface area contributed by atoms with Crippen molar-refractivity contribution < 1.29 is 9.90 Å². The van der Waals surface area contributed by atoms with Crippen molar-refractivity contribution in [2.45, 2.75) is 25.8 Å². The third kappa shape index (κ3) is 2.62. The second-order valence-electron chi connectivity index (χ2n) is 5.51. The number of halogens is 1. The van der Waals surface area contributed by atoms with Crippen molar-refractivity contribution in [3.05, 3.63) is 46.7 Å². The molecule has 1 atom stereocenters. The van der Waals surface area contributed by atoms with Crippen LogP contribution < -0.4 is 0 Å². The number of benzene rings is 1. The maximum absolute atomic E-state index is 12.6. The van der Waals surface area contributed by atoms with Gasteiger partial charge in [-0.05, 0) is 38.0 Å². The van der Waals surface area contributed by atoms with E-state index in [0.29, 0.717) is 17.3 Å². The summed E-state index contributed by atoms with van der Waals surface area (Å²) in [6.45, 7) is 2.55. The van der Waals surface area contributed by atoms with E-state index in [1.54, 1.807) is 21.7 Å². The molecule has 3 rings (SSSR count). The summed E-state index contributed by atoms with van der Waals surface area (Å²) < 4.78 is 1.68. The summed E-state index contributed by atoms with van der Waals surface area (Å²) in [6, 6.07) is 9.06. The van der Waals surface area contributed by atoms with Crippen molar-refractivity contribution in [2.75, 3.05) is 13.2 Å². The maximum atomic E-state index is 12.6. The van der Waals surface area contributed by atoms with E-state index in [2.05, 4.69) is 5.10 Å². The van der Waals surface area contributed by atoms with Gasteiger partial charge in [-0.25, -0.2) is 4.68 Å². The predicted molar refractivity (Wildman–Crippen MR) is 84.5 cm³/mol. The Labute approximate surface area is 134 Å². The third-order valence-corrected chi connectivity index (χ3v) is 4.36. The van der Waals surface area contributed by atoms with Crippen LogP contribution in [-0.2, 0) is 0 Å². The van der Waals surface area contributed by atoms with Gasteiger partial charge in [-0.1, -0.05) is 23.7 Å². The lowest BCUT2D eigenvalue weighted by Gasteiger charge is -2.21. The topological polar surface area (TPSA) is 58.4 Å². The van der Waals surface area contributed by atoms with E-state index in [1.807, 2.05) is 25.1 Å². The van der Waals surface area contributed by atoms with Crippen molar-refractivity contribution >= 4 is 17.5 Å². The van der Waals surface area contributed by atoms with Crippen LogP contribution in [0.3, 0.4) is 0 Å². The van der Waals surface area contributed by atoms with Crippen LogP contribution in [0.4, 0.5) is 0 Å². The number of aliphatic hydroxyl groups excluding tert-OH is 1. The minimum Gasteiger partial charge on any atom is -0.394 e. The van der Waals surface area contributed by atoms with Crippen LogP contribution in [0.25, 0.3) is 5.69 Å². The van der Waals surface area contributed by atoms with Crippen molar-refractivity contribution in [2.24, 2.45) is 0 Å². The van der Waals surface area contributed by atoms with Gasteiger partial charge in [-0.2, -0.15) is 5.10 Å². The van der Waals surface area contributed by atoms with Crippen LogP contribution in [0.1, 0.15) is 29.0 Å². The Morgan fingerprint density at radius 2 is 2.23 bits per heavy atom. The van der Waals surface area contributed by atoms with Crippen molar-refractivity contribution in [3.63, 3.8) is 0 Å². The Morgan fingerprint density at radius 3 is 2.95 bits per heavy atom. The highest BCUT2D eigenvalue weighted by atomic mass is 35.5. The number of aryl methyl sites for hydroxylation is 1. The lowest BCUT2D eigenvalue weighted by molar-refractivity contribution is 0.0671. The summed E-state index contributed by atoms with van der Waals surface area (Å²) >= 11 is 6.20. The summed E-state index contributed by atoms with van der Waals surface area (Å²) in [4.78, 5) is 14.3. The van der Waals surface area contributed by atoms with E-state index < -0.39 is 0 Å². The fourth-order valence-corrected chi connectivity index (χ4v) is 3.10. The number of aromatic nitrogens is 2. The molecule has 1 fully saturated rings. The second-order valence-corrected chi connectivity index (χ2v) is 5.92. The number of hydrogen-bond acceptors (Lipinski definition) is 3. The molecular formula is C16H18ClN3O2. The summed E-state index contributed by atoms with van der Waals surface area (Å²) in [7, 11) is 0. The molecular weight excluding hydrogens is 302 g/mol. The Balaban J connectivity index is 1.92. The van der Waals surface area contributed by atoms with Gasteiger partial charge in [0.15, 0.2) is 5.69 Å². The molecule has 1 aliphatic heterocycles. The minimum atomic E-state index is -0.134. The smallest absolute Gasteiger partial charge is 0.274 e. The average Bonchev–Trinajstić information content (AvgIpc) is 3.13. The largest absolute Gasteiger partial charge is 0.394 e. The fraction of sp³-hybridized carbons (Fsp3) is 0.375. The number of rotatable bonds is 3. The quantitative estimate of drug-likeness (QED) is 0.945. The van der Waals surface area contributed by atoms with E-state index in [4.69, 9.17) is 11.6 Å². The molecule has 1 saturated heterocycles. The van der Waals surface area contributed by atoms with Gasteiger partial charge in [0.05, 0.1) is 23.4 Å². The highest BCUT2D eigenvalue weighted by Crippen LogP contribution is 2.23. The Bertz CT molecular complexity index is 698. The summed E-state index contributed by atoms with van der Waals surface area (Å²) in [5, 5.41) is 14.4. The summed E-state index contributed by atoms with van der Waals surface area (Å²) in [5.41, 5.74) is 1.98. The number of hydrogen-bond donors (Lipinski definition) is 1. The summed E-state index contributed by atoms with van der Waals surface area (Å²) in [5.74, 6) is -0.134. The SMILES string of the molecule is Cc1cc(C(=O)N2CCC[C@@H]2CO)nn1-c1ccccc1Cl. The van der Waals surface area contributed by atoms with Crippen molar-refractivity contribution in [3.8, 4) is 5.69 Å². The second kappa shape index (κ2) is 6.10. The Hall–Kier alpha value is -1.85. The zero-order valence-corrected chi connectivity index (χ0v) is 13.1. The molecule has 1 aliphatic rings. The third-order valence-electron chi connectivity index (χ3n) is 4.04. The zero-order valence-electron chi connectivity index (χ0n) is 12.4. The molecule has 0 unspecified atom stereocenters. The van der Waals surface area contributed by atoms with Gasteiger partial charge < -0.3 is 10.0 Å². The lowest BCUT2D eigenvalue weighted by atomic mass is 10.2. The molecule has 1 amide bonds. The molecule has 1 aromatic heterocycles. The molecule has 2 aromatic rings. The molecule has 0 saturated carbocycles. The highest BCUT2D eigenvalue weighted by molar-refractivity contribution is 6.32. The van der Waals surface area contributed by atoms with Crippen LogP contribution in [0.5, 0.6) is 0 Å². The van der Waals surface area contributed by atoms with Crippen LogP contribution in [0.15, 0.2) is 30.3 Å². The van der Waals surface area contributed by atoms with Gasteiger partial charge in [0.1, 0.15) is 0 Å². The minimum absolute atomic E-state index is 0.00402. The molecule has 5 nitrogen and oxygen atoms in total. The number of carbonyl (C=O) groups excluding carboxylic acids is 1. The molecule has 1 N–H and O–H groups in total. The molecule has 2 heterocycles. The van der Waals surface area contributed by atoms with Gasteiger partial charge in [0, 0.05) is 12.2 Å². The van der Waals surface area contributed by atoms with Gasteiger partial charge in [0.25, 0.3) is 5.91 Å². The standard InChI is InChI=1S/C16H18ClN3O2/c1-11-9-14(16(22)19-8-4-5-12(19)10-21)18-20(11)15-7-3-2-6-13(15)17/h2-3,6-7,9,12,21H,4-5,8,10H2,1H3/t12-/m1/s1. The molecule has 0 bridgehead atoms. The van der Waals surface area contributed by atoms with Crippen LogP contribution in [0.2, 0.25) is 5.02 Å². The highest BCUT2D eigenvalue weighted by Gasteiger charge is 2.30. The average molecular weight is 320 g/mol. The van der Waals surface area contributed by atoms with Crippen molar-refractivity contribution in [1.29, 1.82) is 0 Å². The van der Waals surface area contributed by atoms with E-state index in [0.717, 1.165) is 24.2 Å². The van der Waals surface area contributed by atoms with Gasteiger partial charge in [-0.15, -0.1) is 0 Å². The van der Waals surface area contributed by atoms with Crippen LogP contribution in [0, 0.1) is 6.92 Å². The first-order valence-corrected chi connectivity index (χ1v) is 7.73. The van der Waals surface area contributed by atoms with E-state index in [9.17, 15) is 9.90 Å². The molecule has 0 spiro atoms. The van der Waals surface area contributed by atoms with E-state index in [-0.39, 0.29) is 18.6 Å². The van der Waals surface area contributed by atoms with E-state index in [1.165, 1.54) is 0 Å². The van der Waals surface area contributed by atoms with E-state index >= 15 is 0 Å². The number of amides is 1. The van der Waals surface area contributed by atoms with Crippen LogP contribution in [-0.4, -0.2) is 44.9 Å². The molecule has 0 radical (unpaired) electrons. The normalized spacial score (nSPS) is 18.0. The number of para-hydroxylation sites is 1. The molecule has 0 aliphatic carbocycles. The monoisotopic (exact) mass is 319 g/mol. The number of likely N-dealkylation sites (tertiary alicyclic amines) is 1. The Kier molecular flexibility index (Phi) is 4.18. The fourth-order valence-electron chi connectivity index (χ4n) is 2.89.